The molecule has 0 spiro atoms. The first-order chi connectivity index (χ1) is 7.81. The fourth-order valence-electron chi connectivity index (χ4n) is 2.27. The van der Waals surface area contributed by atoms with Crippen LogP contribution < -0.4 is 4.84 Å². The molecule has 0 radical (unpaired) electrons. The molecule has 1 aromatic rings. The zero-order valence-electron chi connectivity index (χ0n) is 9.34. The molecule has 0 saturated heterocycles. The summed E-state index contributed by atoms with van der Waals surface area (Å²) in [5, 5.41) is 0. The highest BCUT2D eigenvalue weighted by Crippen LogP contribution is 2.29. The lowest BCUT2D eigenvalue weighted by Crippen LogP contribution is -2.28. The van der Waals surface area contributed by atoms with Gasteiger partial charge in [0.15, 0.2) is 0 Å². The molecule has 1 aliphatic carbocycles. The van der Waals surface area contributed by atoms with E-state index < -0.39 is 0 Å². The first-order valence-electron chi connectivity index (χ1n) is 5.77. The molecular weight excluding hydrogens is 218 g/mol. The fourth-order valence-corrected chi connectivity index (χ4v) is 2.45. The molecule has 16 heavy (non-hydrogen) atoms. The monoisotopic (exact) mass is 235 g/mol. The molecule has 2 nitrogen and oxygen atoms in total. The molecule has 1 aromatic heterocycles. The van der Waals surface area contributed by atoms with Crippen LogP contribution in [0.5, 0.6) is 0 Å². The smallest absolute Gasteiger partial charge is 0.142 e. The van der Waals surface area contributed by atoms with E-state index in [9.17, 15) is 0 Å². The lowest BCUT2D eigenvalue weighted by molar-refractivity contribution is 0.0117. The number of rotatable bonds is 4. The van der Waals surface area contributed by atoms with E-state index in [1.54, 1.807) is 4.73 Å². The Hall–Kier alpha value is -1.09. The highest BCUT2D eigenvalue weighted by atomic mass is 32.1. The fraction of sp³-hybridized carbons (Fsp3) is 0.462. The van der Waals surface area contributed by atoms with E-state index in [-0.39, 0.29) is 6.10 Å². The molecule has 2 atom stereocenters. The van der Waals surface area contributed by atoms with Crippen LogP contribution in [0, 0.1) is 10.6 Å². The molecule has 1 saturated carbocycles. The van der Waals surface area contributed by atoms with Gasteiger partial charge in [0.1, 0.15) is 10.7 Å². The summed E-state index contributed by atoms with van der Waals surface area (Å²) >= 11 is 5.21. The summed E-state index contributed by atoms with van der Waals surface area (Å²) in [6, 6.07) is 5.75. The lowest BCUT2D eigenvalue weighted by Gasteiger charge is -2.20. The predicted octanol–water partition coefficient (Wildman–Crippen LogP) is 3.39. The standard InChI is InChI=1S/C13H17NOS/c1-2-6-11-7-5-8-12(11)15-14-10-4-3-9-13(14)16/h2-4,9-12H,1,5-8H2/t11-,12+/m1/s1. The Labute approximate surface area is 102 Å². The molecule has 0 N–H and O–H groups in total. The van der Waals surface area contributed by atoms with E-state index in [4.69, 9.17) is 17.1 Å². The van der Waals surface area contributed by atoms with E-state index >= 15 is 0 Å². The Morgan fingerprint density at radius 2 is 2.38 bits per heavy atom. The van der Waals surface area contributed by atoms with Gasteiger partial charge < -0.3 is 4.84 Å². The second kappa shape index (κ2) is 5.30. The van der Waals surface area contributed by atoms with Gasteiger partial charge in [0, 0.05) is 12.1 Å². The third-order valence-electron chi connectivity index (χ3n) is 3.10. The number of hydrogen-bond acceptors (Lipinski definition) is 2. The van der Waals surface area contributed by atoms with Crippen molar-refractivity contribution in [2.75, 3.05) is 0 Å². The quantitative estimate of drug-likeness (QED) is 0.586. The van der Waals surface area contributed by atoms with Gasteiger partial charge in [-0.2, -0.15) is 4.73 Å². The molecular formula is C13H17NOS. The van der Waals surface area contributed by atoms with Gasteiger partial charge in [0.25, 0.3) is 0 Å². The average molecular weight is 235 g/mol. The molecule has 3 heteroatoms. The van der Waals surface area contributed by atoms with Gasteiger partial charge in [-0.25, -0.2) is 0 Å². The van der Waals surface area contributed by atoms with Crippen molar-refractivity contribution in [1.82, 2.24) is 4.73 Å². The van der Waals surface area contributed by atoms with E-state index in [1.165, 1.54) is 12.8 Å². The van der Waals surface area contributed by atoms with Gasteiger partial charge in [-0.05, 0) is 37.8 Å². The molecule has 0 amide bonds. The maximum atomic E-state index is 5.94. The number of hydrogen-bond donors (Lipinski definition) is 0. The summed E-state index contributed by atoms with van der Waals surface area (Å²) in [5.74, 6) is 0.597. The van der Waals surface area contributed by atoms with E-state index in [0.717, 1.165) is 17.5 Å². The van der Waals surface area contributed by atoms with Crippen LogP contribution >= 0.6 is 12.2 Å². The summed E-state index contributed by atoms with van der Waals surface area (Å²) in [6.45, 7) is 3.80. The first-order valence-corrected chi connectivity index (χ1v) is 6.18. The Balaban J connectivity index is 2.06. The average Bonchev–Trinajstić information content (AvgIpc) is 2.70. The third kappa shape index (κ3) is 2.53. The van der Waals surface area contributed by atoms with E-state index in [2.05, 4.69) is 6.58 Å². The molecule has 1 aliphatic rings. The second-order valence-electron chi connectivity index (χ2n) is 4.22. The Kier molecular flexibility index (Phi) is 3.78. The Bertz CT molecular complexity index is 412. The van der Waals surface area contributed by atoms with Crippen molar-refractivity contribution in [1.29, 1.82) is 0 Å². The van der Waals surface area contributed by atoms with Crippen LogP contribution in [-0.2, 0) is 0 Å². The zero-order chi connectivity index (χ0) is 11.4. The number of aromatic nitrogens is 1. The second-order valence-corrected chi connectivity index (χ2v) is 4.64. The molecule has 1 fully saturated rings. The normalized spacial score (nSPS) is 24.2. The summed E-state index contributed by atoms with van der Waals surface area (Å²) in [6.07, 6.45) is 8.77. The highest BCUT2D eigenvalue weighted by Gasteiger charge is 2.28. The van der Waals surface area contributed by atoms with Crippen LogP contribution in [0.1, 0.15) is 25.7 Å². The Morgan fingerprint density at radius 1 is 1.50 bits per heavy atom. The van der Waals surface area contributed by atoms with Crippen molar-refractivity contribution < 1.29 is 4.84 Å². The van der Waals surface area contributed by atoms with Crippen molar-refractivity contribution in [3.8, 4) is 0 Å². The molecule has 86 valence electrons. The maximum absolute atomic E-state index is 5.94. The number of pyridine rings is 1. The van der Waals surface area contributed by atoms with Gasteiger partial charge in [-0.3, -0.25) is 0 Å². The Morgan fingerprint density at radius 3 is 3.12 bits per heavy atom. The van der Waals surface area contributed by atoms with Crippen LogP contribution in [0.3, 0.4) is 0 Å². The van der Waals surface area contributed by atoms with Crippen molar-refractivity contribution in [3.63, 3.8) is 0 Å². The summed E-state index contributed by atoms with van der Waals surface area (Å²) in [7, 11) is 0. The van der Waals surface area contributed by atoms with Gasteiger partial charge in [0.2, 0.25) is 0 Å². The van der Waals surface area contributed by atoms with Crippen LogP contribution in [0.15, 0.2) is 37.1 Å². The van der Waals surface area contributed by atoms with Crippen molar-refractivity contribution in [2.45, 2.75) is 31.8 Å². The number of allylic oxidation sites excluding steroid dienone is 1. The number of nitrogens with zero attached hydrogens (tertiary/aromatic N) is 1. The highest BCUT2D eigenvalue weighted by molar-refractivity contribution is 7.71. The van der Waals surface area contributed by atoms with Gasteiger partial charge in [-0.1, -0.05) is 24.4 Å². The summed E-state index contributed by atoms with van der Waals surface area (Å²) in [4.78, 5) is 5.94. The minimum Gasteiger partial charge on any atom is -0.410 e. The molecule has 0 unspecified atom stereocenters. The van der Waals surface area contributed by atoms with Crippen LogP contribution in [0.2, 0.25) is 0 Å². The van der Waals surface area contributed by atoms with E-state index in [1.807, 2.05) is 30.5 Å². The summed E-state index contributed by atoms with van der Waals surface area (Å²) in [5.41, 5.74) is 0. The largest absolute Gasteiger partial charge is 0.410 e. The van der Waals surface area contributed by atoms with Crippen molar-refractivity contribution in [3.05, 3.63) is 41.7 Å². The third-order valence-corrected chi connectivity index (χ3v) is 3.41. The van der Waals surface area contributed by atoms with Crippen molar-refractivity contribution in [2.24, 2.45) is 5.92 Å². The summed E-state index contributed by atoms with van der Waals surface area (Å²) < 4.78 is 2.44. The molecule has 0 bridgehead atoms. The minimum absolute atomic E-state index is 0.284. The molecule has 2 rings (SSSR count). The van der Waals surface area contributed by atoms with Gasteiger partial charge in [0.05, 0.1) is 0 Å². The SMILES string of the molecule is C=CC[C@@H]1CCC[C@@H]1On1ccccc1=S. The minimum atomic E-state index is 0.284. The van der Waals surface area contributed by atoms with E-state index in [0.29, 0.717) is 5.92 Å². The van der Waals surface area contributed by atoms with Crippen LogP contribution in [0.25, 0.3) is 0 Å². The van der Waals surface area contributed by atoms with Crippen molar-refractivity contribution >= 4 is 12.2 Å². The predicted molar refractivity (Wildman–Crippen MR) is 67.8 cm³/mol. The van der Waals surface area contributed by atoms with Crippen LogP contribution in [-0.4, -0.2) is 10.8 Å². The first kappa shape index (κ1) is 11.4. The molecule has 1 heterocycles. The van der Waals surface area contributed by atoms with Gasteiger partial charge >= 0.3 is 0 Å². The zero-order valence-corrected chi connectivity index (χ0v) is 10.2. The topological polar surface area (TPSA) is 14.2 Å². The molecule has 0 aromatic carbocycles. The van der Waals surface area contributed by atoms with Crippen LogP contribution in [0.4, 0.5) is 0 Å². The van der Waals surface area contributed by atoms with Gasteiger partial charge in [-0.15, -0.1) is 6.58 Å². The molecule has 0 aliphatic heterocycles. The lowest BCUT2D eigenvalue weighted by atomic mass is 10.0. The maximum Gasteiger partial charge on any atom is 0.142 e.